The Balaban J connectivity index is 2.39. The van der Waals surface area contributed by atoms with Gasteiger partial charge in [-0.3, -0.25) is 9.36 Å². The van der Waals surface area contributed by atoms with Crippen LogP contribution in [0.5, 0.6) is 0 Å². The van der Waals surface area contributed by atoms with Gasteiger partial charge in [0.25, 0.3) is 5.56 Å². The number of rotatable bonds is 1. The van der Waals surface area contributed by atoms with Gasteiger partial charge in [0.05, 0.1) is 11.7 Å². The highest BCUT2D eigenvalue weighted by atomic mass is 32.1. The molecule has 0 radical (unpaired) electrons. The molecule has 3 aromatic heterocycles. The fourth-order valence-electron chi connectivity index (χ4n) is 1.45. The molecule has 0 saturated heterocycles. The largest absolute Gasteiger partial charge is 0.313 e. The zero-order valence-corrected chi connectivity index (χ0v) is 8.36. The van der Waals surface area contributed by atoms with E-state index in [1.54, 1.807) is 23.0 Å². The zero-order chi connectivity index (χ0) is 10.3. The summed E-state index contributed by atoms with van der Waals surface area (Å²) >= 11 is 1.50. The highest BCUT2D eigenvalue weighted by Gasteiger charge is 2.07. The van der Waals surface area contributed by atoms with Crippen LogP contribution in [0, 0.1) is 0 Å². The maximum atomic E-state index is 11.4. The van der Waals surface area contributed by atoms with Gasteiger partial charge in [0.1, 0.15) is 0 Å². The second-order valence-electron chi connectivity index (χ2n) is 2.97. The van der Waals surface area contributed by atoms with Crippen LogP contribution < -0.4 is 5.56 Å². The number of hydrogen-bond donors (Lipinski definition) is 1. The molecule has 0 atom stereocenters. The van der Waals surface area contributed by atoms with Gasteiger partial charge in [0.15, 0.2) is 10.8 Å². The molecular weight excluding hydrogens is 212 g/mol. The summed E-state index contributed by atoms with van der Waals surface area (Å²) in [5.41, 5.74) is 0.504. The number of aromatic nitrogens is 4. The van der Waals surface area contributed by atoms with Crippen LogP contribution in [0.1, 0.15) is 0 Å². The van der Waals surface area contributed by atoms with Crippen molar-refractivity contribution in [1.82, 2.24) is 19.5 Å². The first-order valence-corrected chi connectivity index (χ1v) is 5.19. The molecule has 0 aliphatic rings. The standard InChI is InChI=1S/C9H6N4OS/c14-8-6-1-3-13(7(6)11-5-12-8)9-10-2-4-15-9/h1-5H,(H,11,12,14). The second-order valence-corrected chi connectivity index (χ2v) is 3.84. The SMILES string of the molecule is O=c1[nH]cnc2c1ccn2-c1nccs1. The van der Waals surface area contributed by atoms with Crippen molar-refractivity contribution in [2.75, 3.05) is 0 Å². The molecule has 0 unspecified atom stereocenters. The molecule has 0 aliphatic carbocycles. The topological polar surface area (TPSA) is 63.6 Å². The molecule has 1 N–H and O–H groups in total. The summed E-state index contributed by atoms with van der Waals surface area (Å²) in [5.74, 6) is 0. The Morgan fingerprint density at radius 1 is 1.40 bits per heavy atom. The van der Waals surface area contributed by atoms with Crippen molar-refractivity contribution in [2.24, 2.45) is 0 Å². The van der Waals surface area contributed by atoms with Gasteiger partial charge in [0.2, 0.25) is 0 Å². The van der Waals surface area contributed by atoms with E-state index in [-0.39, 0.29) is 5.56 Å². The normalized spacial score (nSPS) is 10.9. The van der Waals surface area contributed by atoms with Crippen molar-refractivity contribution in [3.8, 4) is 5.13 Å². The molecular formula is C9H6N4OS. The van der Waals surface area contributed by atoms with Gasteiger partial charge in [-0.25, -0.2) is 9.97 Å². The lowest BCUT2D eigenvalue weighted by atomic mass is 10.4. The zero-order valence-electron chi connectivity index (χ0n) is 7.54. The lowest BCUT2D eigenvalue weighted by Crippen LogP contribution is -2.06. The smallest absolute Gasteiger partial charge is 0.260 e. The highest BCUT2D eigenvalue weighted by Crippen LogP contribution is 2.16. The van der Waals surface area contributed by atoms with Gasteiger partial charge < -0.3 is 4.98 Å². The first kappa shape index (κ1) is 8.37. The van der Waals surface area contributed by atoms with Gasteiger partial charge in [-0.1, -0.05) is 0 Å². The summed E-state index contributed by atoms with van der Waals surface area (Å²) < 4.78 is 1.80. The van der Waals surface area contributed by atoms with E-state index < -0.39 is 0 Å². The fraction of sp³-hybridized carbons (Fsp3) is 0. The van der Waals surface area contributed by atoms with E-state index in [2.05, 4.69) is 15.0 Å². The first-order chi connectivity index (χ1) is 7.36. The van der Waals surface area contributed by atoms with Crippen LogP contribution in [0.3, 0.4) is 0 Å². The average Bonchev–Trinajstić information content (AvgIpc) is 2.85. The minimum Gasteiger partial charge on any atom is -0.313 e. The summed E-state index contributed by atoms with van der Waals surface area (Å²) in [6, 6.07) is 1.74. The average molecular weight is 218 g/mol. The van der Waals surface area contributed by atoms with Crippen molar-refractivity contribution in [3.05, 3.63) is 40.5 Å². The summed E-state index contributed by atoms with van der Waals surface area (Å²) in [6.45, 7) is 0. The Morgan fingerprint density at radius 2 is 2.33 bits per heavy atom. The molecule has 0 amide bonds. The van der Waals surface area contributed by atoms with E-state index in [1.165, 1.54) is 17.7 Å². The Morgan fingerprint density at radius 3 is 3.13 bits per heavy atom. The van der Waals surface area contributed by atoms with Gasteiger partial charge >= 0.3 is 0 Å². The van der Waals surface area contributed by atoms with Crippen LogP contribution >= 0.6 is 11.3 Å². The van der Waals surface area contributed by atoms with E-state index >= 15 is 0 Å². The van der Waals surface area contributed by atoms with Crippen molar-refractivity contribution < 1.29 is 0 Å². The number of hydrogen-bond acceptors (Lipinski definition) is 4. The van der Waals surface area contributed by atoms with Gasteiger partial charge in [-0.05, 0) is 6.07 Å². The van der Waals surface area contributed by atoms with Crippen LogP contribution in [-0.2, 0) is 0 Å². The highest BCUT2D eigenvalue weighted by molar-refractivity contribution is 7.12. The minimum atomic E-state index is -0.129. The Kier molecular flexibility index (Phi) is 1.69. The lowest BCUT2D eigenvalue weighted by molar-refractivity contribution is 1.05. The molecule has 0 fully saturated rings. The van der Waals surface area contributed by atoms with Gasteiger partial charge in [-0.15, -0.1) is 11.3 Å². The predicted octanol–water partition coefficient (Wildman–Crippen LogP) is 1.17. The van der Waals surface area contributed by atoms with Gasteiger partial charge in [-0.2, -0.15) is 0 Å². The second kappa shape index (κ2) is 3.03. The predicted molar refractivity (Wildman–Crippen MR) is 57.4 cm³/mol. The van der Waals surface area contributed by atoms with Crippen LogP contribution in [0.4, 0.5) is 0 Å². The molecule has 3 aromatic rings. The third kappa shape index (κ3) is 1.18. The molecule has 0 bridgehead atoms. The number of thiazole rings is 1. The van der Waals surface area contributed by atoms with E-state index in [1.807, 2.05) is 5.38 Å². The quantitative estimate of drug-likeness (QED) is 0.666. The minimum absolute atomic E-state index is 0.129. The molecule has 3 rings (SSSR count). The maximum absolute atomic E-state index is 11.4. The third-order valence-electron chi connectivity index (χ3n) is 2.11. The Labute approximate surface area is 88.1 Å². The Hall–Kier alpha value is -1.95. The molecule has 15 heavy (non-hydrogen) atoms. The molecule has 0 aromatic carbocycles. The summed E-state index contributed by atoms with van der Waals surface area (Å²) in [7, 11) is 0. The summed E-state index contributed by atoms with van der Waals surface area (Å²) in [4.78, 5) is 22.3. The van der Waals surface area contributed by atoms with Crippen LogP contribution in [0.2, 0.25) is 0 Å². The Bertz CT molecular complexity index is 652. The molecule has 0 aliphatic heterocycles. The summed E-state index contributed by atoms with van der Waals surface area (Å²) in [6.07, 6.45) is 4.92. The van der Waals surface area contributed by atoms with Crippen LogP contribution in [-0.4, -0.2) is 19.5 Å². The van der Waals surface area contributed by atoms with E-state index in [9.17, 15) is 4.79 Å². The molecule has 3 heterocycles. The van der Waals surface area contributed by atoms with Crippen molar-refractivity contribution >= 4 is 22.4 Å². The monoisotopic (exact) mass is 218 g/mol. The fourth-order valence-corrected chi connectivity index (χ4v) is 2.08. The number of nitrogens with zero attached hydrogens (tertiary/aromatic N) is 3. The molecule has 0 spiro atoms. The molecule has 74 valence electrons. The number of fused-ring (bicyclic) bond motifs is 1. The first-order valence-electron chi connectivity index (χ1n) is 4.31. The van der Waals surface area contributed by atoms with Crippen molar-refractivity contribution in [2.45, 2.75) is 0 Å². The maximum Gasteiger partial charge on any atom is 0.260 e. The van der Waals surface area contributed by atoms with Crippen molar-refractivity contribution in [1.29, 1.82) is 0 Å². The van der Waals surface area contributed by atoms with E-state index in [0.717, 1.165) is 5.13 Å². The van der Waals surface area contributed by atoms with E-state index in [0.29, 0.717) is 11.0 Å². The van der Waals surface area contributed by atoms with Gasteiger partial charge in [0, 0.05) is 17.8 Å². The van der Waals surface area contributed by atoms with E-state index in [4.69, 9.17) is 0 Å². The molecule has 6 heteroatoms. The summed E-state index contributed by atoms with van der Waals surface area (Å²) in [5, 5.41) is 3.27. The van der Waals surface area contributed by atoms with Crippen LogP contribution in [0.15, 0.2) is 35.0 Å². The number of aromatic amines is 1. The molecule has 0 saturated carbocycles. The number of H-pyrrole nitrogens is 1. The van der Waals surface area contributed by atoms with Crippen molar-refractivity contribution in [3.63, 3.8) is 0 Å². The van der Waals surface area contributed by atoms with Crippen LogP contribution in [0.25, 0.3) is 16.2 Å². The number of nitrogens with one attached hydrogen (secondary N) is 1. The molecule has 5 nitrogen and oxygen atoms in total. The lowest BCUT2D eigenvalue weighted by Gasteiger charge is -1.97. The third-order valence-corrected chi connectivity index (χ3v) is 2.88.